The van der Waals surface area contributed by atoms with Gasteiger partial charge in [0.1, 0.15) is 0 Å². The van der Waals surface area contributed by atoms with Crippen molar-refractivity contribution in [2.75, 3.05) is 0 Å². The molecular formula is C7H4Cl2CuO2. The van der Waals surface area contributed by atoms with Gasteiger partial charge in [0.15, 0.2) is 0 Å². The van der Waals surface area contributed by atoms with Gasteiger partial charge in [0, 0.05) is 17.1 Å². The SMILES string of the molecule is O=C(O)c1cccc(Cl)c1Cl.[Cu]. The normalized spacial score (nSPS) is 8.83. The molecule has 0 spiro atoms. The fourth-order valence-electron chi connectivity index (χ4n) is 0.669. The van der Waals surface area contributed by atoms with Gasteiger partial charge in [-0.3, -0.25) is 0 Å². The van der Waals surface area contributed by atoms with Crippen LogP contribution in [0.3, 0.4) is 0 Å². The Bertz CT molecular complexity index is 301. The first-order valence-electron chi connectivity index (χ1n) is 2.80. The van der Waals surface area contributed by atoms with E-state index in [1.807, 2.05) is 0 Å². The fourth-order valence-corrected chi connectivity index (χ4v) is 1.05. The standard InChI is InChI=1S/C7H4Cl2O2.Cu/c8-5-3-1-2-4(6(5)9)7(10)11;/h1-3H,(H,10,11);. The van der Waals surface area contributed by atoms with Crippen LogP contribution in [0.1, 0.15) is 10.4 Å². The van der Waals surface area contributed by atoms with Crippen LogP contribution in [-0.2, 0) is 17.1 Å². The van der Waals surface area contributed by atoms with Gasteiger partial charge in [-0.15, -0.1) is 0 Å². The molecule has 2 nitrogen and oxygen atoms in total. The van der Waals surface area contributed by atoms with Crippen molar-refractivity contribution in [3.8, 4) is 0 Å². The fraction of sp³-hybridized carbons (Fsp3) is 0. The summed E-state index contributed by atoms with van der Waals surface area (Å²) in [6.45, 7) is 0. The van der Waals surface area contributed by atoms with Gasteiger partial charge in [-0.25, -0.2) is 4.79 Å². The van der Waals surface area contributed by atoms with E-state index < -0.39 is 5.97 Å². The van der Waals surface area contributed by atoms with Crippen LogP contribution in [0.15, 0.2) is 18.2 Å². The second kappa shape index (κ2) is 4.73. The average molecular weight is 255 g/mol. The van der Waals surface area contributed by atoms with Crippen molar-refractivity contribution >= 4 is 29.2 Å². The Morgan fingerprint density at radius 2 is 1.92 bits per heavy atom. The van der Waals surface area contributed by atoms with Crippen molar-refractivity contribution < 1.29 is 27.0 Å². The summed E-state index contributed by atoms with van der Waals surface area (Å²) < 4.78 is 0. The number of hydrogen-bond acceptors (Lipinski definition) is 1. The molecule has 0 aliphatic heterocycles. The molecule has 1 N–H and O–H groups in total. The summed E-state index contributed by atoms with van der Waals surface area (Å²) >= 11 is 11.1. The summed E-state index contributed by atoms with van der Waals surface area (Å²) in [6, 6.07) is 4.48. The monoisotopic (exact) mass is 253 g/mol. The number of carboxylic acids is 1. The van der Waals surface area contributed by atoms with Crippen LogP contribution < -0.4 is 0 Å². The van der Waals surface area contributed by atoms with Crippen LogP contribution in [0, 0.1) is 0 Å². The van der Waals surface area contributed by atoms with E-state index in [1.54, 1.807) is 0 Å². The van der Waals surface area contributed by atoms with Gasteiger partial charge in [-0.2, -0.15) is 0 Å². The van der Waals surface area contributed by atoms with Gasteiger partial charge in [0.05, 0.1) is 15.6 Å². The minimum absolute atomic E-state index is 0. The summed E-state index contributed by atoms with van der Waals surface area (Å²) in [6.07, 6.45) is 0. The first kappa shape index (κ1) is 11.8. The number of hydrogen-bond donors (Lipinski definition) is 1. The van der Waals surface area contributed by atoms with E-state index >= 15 is 0 Å². The minimum Gasteiger partial charge on any atom is -0.478 e. The third-order valence-corrected chi connectivity index (χ3v) is 2.00. The molecule has 0 aliphatic rings. The van der Waals surface area contributed by atoms with Crippen LogP contribution in [0.4, 0.5) is 0 Å². The van der Waals surface area contributed by atoms with Gasteiger partial charge < -0.3 is 5.11 Å². The van der Waals surface area contributed by atoms with Crippen molar-refractivity contribution in [3.63, 3.8) is 0 Å². The Labute approximate surface area is 90.0 Å². The van der Waals surface area contributed by atoms with Crippen LogP contribution in [0.5, 0.6) is 0 Å². The Morgan fingerprint density at radius 1 is 1.33 bits per heavy atom. The predicted molar refractivity (Wildman–Crippen MR) is 43.4 cm³/mol. The molecule has 1 aromatic rings. The van der Waals surface area contributed by atoms with Gasteiger partial charge >= 0.3 is 5.97 Å². The Balaban J connectivity index is 0.00000121. The van der Waals surface area contributed by atoms with Crippen LogP contribution in [-0.4, -0.2) is 11.1 Å². The van der Waals surface area contributed by atoms with Crippen molar-refractivity contribution in [2.45, 2.75) is 0 Å². The van der Waals surface area contributed by atoms with Crippen LogP contribution in [0.25, 0.3) is 0 Å². The summed E-state index contributed by atoms with van der Waals surface area (Å²) in [5, 5.41) is 8.89. The molecule has 0 aliphatic carbocycles. The maximum absolute atomic E-state index is 10.4. The van der Waals surface area contributed by atoms with E-state index in [2.05, 4.69) is 0 Å². The molecule has 12 heavy (non-hydrogen) atoms. The third kappa shape index (κ3) is 2.39. The van der Waals surface area contributed by atoms with E-state index in [0.717, 1.165) is 0 Å². The summed E-state index contributed by atoms with van der Waals surface area (Å²) in [4.78, 5) is 10.4. The van der Waals surface area contributed by atoms with Crippen molar-refractivity contribution in [3.05, 3.63) is 33.8 Å². The molecular weight excluding hydrogens is 251 g/mol. The largest absolute Gasteiger partial charge is 0.478 e. The zero-order valence-electron chi connectivity index (χ0n) is 5.64. The van der Waals surface area contributed by atoms with Crippen molar-refractivity contribution in [1.82, 2.24) is 0 Å². The number of carboxylic acid groups (broad SMARTS) is 1. The molecule has 69 valence electrons. The van der Waals surface area contributed by atoms with Crippen molar-refractivity contribution in [2.24, 2.45) is 0 Å². The molecule has 1 rings (SSSR count). The molecule has 0 fully saturated rings. The van der Waals surface area contributed by atoms with E-state index in [0.29, 0.717) is 0 Å². The Hall–Kier alpha value is -0.211. The van der Waals surface area contributed by atoms with Crippen LogP contribution >= 0.6 is 23.2 Å². The third-order valence-electron chi connectivity index (χ3n) is 1.18. The molecule has 5 heteroatoms. The number of aromatic carboxylic acids is 1. The maximum Gasteiger partial charge on any atom is 0.337 e. The molecule has 0 heterocycles. The Kier molecular flexibility index (Phi) is 4.64. The quantitative estimate of drug-likeness (QED) is 0.783. The molecule has 0 saturated carbocycles. The number of rotatable bonds is 1. The zero-order valence-corrected chi connectivity index (χ0v) is 8.10. The minimum atomic E-state index is -1.07. The maximum atomic E-state index is 10.4. The summed E-state index contributed by atoms with van der Waals surface area (Å²) in [5.41, 5.74) is 0.0270. The van der Waals surface area contributed by atoms with Gasteiger partial charge in [0.2, 0.25) is 0 Å². The summed E-state index contributed by atoms with van der Waals surface area (Å²) in [7, 11) is 0. The topological polar surface area (TPSA) is 37.3 Å². The molecule has 0 unspecified atom stereocenters. The van der Waals surface area contributed by atoms with E-state index in [9.17, 15) is 4.79 Å². The Morgan fingerprint density at radius 3 is 2.33 bits per heavy atom. The van der Waals surface area contributed by atoms with Gasteiger partial charge in [-0.1, -0.05) is 29.3 Å². The summed E-state index contributed by atoms with van der Waals surface area (Å²) in [5.74, 6) is -1.07. The predicted octanol–water partition coefficient (Wildman–Crippen LogP) is 2.69. The number of carbonyl (C=O) groups is 1. The molecule has 0 aromatic heterocycles. The van der Waals surface area contributed by atoms with Gasteiger partial charge in [-0.05, 0) is 12.1 Å². The first-order valence-corrected chi connectivity index (χ1v) is 3.56. The number of halogens is 2. The second-order valence-corrected chi connectivity index (χ2v) is 2.69. The molecule has 1 radical (unpaired) electrons. The molecule has 0 atom stereocenters. The van der Waals surface area contributed by atoms with E-state index in [-0.39, 0.29) is 32.7 Å². The second-order valence-electron chi connectivity index (χ2n) is 1.91. The molecule has 1 aromatic carbocycles. The average Bonchev–Trinajstić information content (AvgIpc) is 1.94. The first-order chi connectivity index (χ1) is 5.13. The van der Waals surface area contributed by atoms with Gasteiger partial charge in [0.25, 0.3) is 0 Å². The smallest absolute Gasteiger partial charge is 0.337 e. The number of benzene rings is 1. The van der Waals surface area contributed by atoms with E-state index in [4.69, 9.17) is 28.3 Å². The van der Waals surface area contributed by atoms with Crippen molar-refractivity contribution in [1.29, 1.82) is 0 Å². The van der Waals surface area contributed by atoms with E-state index in [1.165, 1.54) is 18.2 Å². The molecule has 0 bridgehead atoms. The molecule has 0 amide bonds. The van der Waals surface area contributed by atoms with Crippen LogP contribution in [0.2, 0.25) is 10.0 Å². The molecule has 0 saturated heterocycles. The zero-order chi connectivity index (χ0) is 8.43.